The lowest BCUT2D eigenvalue weighted by molar-refractivity contribution is 0.0406. The van der Waals surface area contributed by atoms with Gasteiger partial charge in [0.05, 0.1) is 23.1 Å². The Bertz CT molecular complexity index is 1090. The number of nitrogens with one attached hydrogen (secondary N) is 3. The van der Waals surface area contributed by atoms with Gasteiger partial charge in [-0.25, -0.2) is 18.1 Å². The van der Waals surface area contributed by atoms with Gasteiger partial charge >= 0.3 is 0 Å². The van der Waals surface area contributed by atoms with Gasteiger partial charge in [-0.05, 0) is 49.6 Å². The van der Waals surface area contributed by atoms with E-state index in [-0.39, 0.29) is 41.8 Å². The summed E-state index contributed by atoms with van der Waals surface area (Å²) in [5.41, 5.74) is -0.971. The van der Waals surface area contributed by atoms with Crippen molar-refractivity contribution in [2.75, 3.05) is 19.5 Å². The minimum atomic E-state index is -3.49. The van der Waals surface area contributed by atoms with E-state index < -0.39 is 39.1 Å². The van der Waals surface area contributed by atoms with Crippen LogP contribution in [0.15, 0.2) is 36.5 Å². The Kier molecular flexibility index (Phi) is 6.03. The molecule has 33 heavy (non-hydrogen) atoms. The summed E-state index contributed by atoms with van der Waals surface area (Å²) in [6, 6.07) is 6.29. The highest BCUT2D eigenvalue weighted by Crippen LogP contribution is 2.61. The maximum absolute atomic E-state index is 15.2. The van der Waals surface area contributed by atoms with E-state index in [1.54, 1.807) is 0 Å². The molecule has 1 aromatic carbocycles. The Hall–Kier alpha value is -2.80. The Morgan fingerprint density at radius 2 is 2.12 bits per heavy atom. The van der Waals surface area contributed by atoms with Gasteiger partial charge in [-0.15, -0.1) is 10.8 Å². The SMILES string of the molecule is COC1CCC2(c3cc(NC(=O)c4ccc(F)cn4)ccc3F)NC(=N)N(C)S(O)(O)C2C1. The fourth-order valence-electron chi connectivity index (χ4n) is 4.50. The van der Waals surface area contributed by atoms with E-state index in [2.05, 4.69) is 15.6 Å². The molecule has 4 rings (SSSR count). The summed E-state index contributed by atoms with van der Waals surface area (Å²) in [4.78, 5) is 16.3. The molecule has 1 amide bonds. The van der Waals surface area contributed by atoms with Crippen LogP contribution in [-0.2, 0) is 10.3 Å². The van der Waals surface area contributed by atoms with Gasteiger partial charge in [0.1, 0.15) is 17.3 Å². The summed E-state index contributed by atoms with van der Waals surface area (Å²) in [5, 5.41) is 13.0. The van der Waals surface area contributed by atoms with Crippen molar-refractivity contribution in [2.24, 2.45) is 0 Å². The molecule has 2 aliphatic rings. The van der Waals surface area contributed by atoms with Gasteiger partial charge < -0.3 is 15.4 Å². The number of aromatic nitrogens is 1. The molecule has 0 bridgehead atoms. The number of guanidine groups is 1. The molecule has 0 spiro atoms. The van der Waals surface area contributed by atoms with Crippen LogP contribution in [0.3, 0.4) is 0 Å². The van der Waals surface area contributed by atoms with Crippen molar-refractivity contribution in [2.45, 2.75) is 36.2 Å². The zero-order valence-electron chi connectivity index (χ0n) is 18.0. The number of ether oxygens (including phenoxy) is 1. The second-order valence-electron chi connectivity index (χ2n) is 8.13. The fourth-order valence-corrected chi connectivity index (χ4v) is 6.52. The van der Waals surface area contributed by atoms with Crippen LogP contribution in [0.5, 0.6) is 0 Å². The van der Waals surface area contributed by atoms with Crippen LogP contribution < -0.4 is 10.6 Å². The monoisotopic (exact) mass is 481 g/mol. The third kappa shape index (κ3) is 4.03. The number of benzene rings is 1. The number of anilines is 1. The van der Waals surface area contributed by atoms with E-state index in [4.69, 9.17) is 10.1 Å². The van der Waals surface area contributed by atoms with Crippen LogP contribution in [0.4, 0.5) is 14.5 Å². The molecule has 1 saturated heterocycles. The number of hydrogen-bond donors (Lipinski definition) is 5. The Morgan fingerprint density at radius 3 is 2.79 bits per heavy atom. The van der Waals surface area contributed by atoms with Crippen LogP contribution >= 0.6 is 10.8 Å². The van der Waals surface area contributed by atoms with Crippen LogP contribution in [0.1, 0.15) is 35.3 Å². The first-order valence-corrected chi connectivity index (χ1v) is 11.8. The topological polar surface area (TPSA) is 131 Å². The van der Waals surface area contributed by atoms with E-state index in [9.17, 15) is 18.3 Å². The van der Waals surface area contributed by atoms with Gasteiger partial charge in [0.15, 0.2) is 0 Å². The lowest BCUT2D eigenvalue weighted by Gasteiger charge is -2.61. The first-order valence-electron chi connectivity index (χ1n) is 10.2. The number of pyridine rings is 1. The summed E-state index contributed by atoms with van der Waals surface area (Å²) in [7, 11) is -0.564. The molecule has 2 heterocycles. The second-order valence-corrected chi connectivity index (χ2v) is 10.4. The molecule has 2 aromatic rings. The summed E-state index contributed by atoms with van der Waals surface area (Å²) >= 11 is 0. The highest BCUT2D eigenvalue weighted by molar-refractivity contribution is 8.23. The van der Waals surface area contributed by atoms with Crippen LogP contribution in [0, 0.1) is 17.0 Å². The Balaban J connectivity index is 1.73. The molecule has 2 fully saturated rings. The third-order valence-corrected chi connectivity index (χ3v) is 8.67. The predicted molar refractivity (Wildman–Crippen MR) is 120 cm³/mol. The number of amides is 1. The normalized spacial score (nSPS) is 27.3. The number of carbonyl (C=O) groups excluding carboxylic acids is 1. The van der Waals surface area contributed by atoms with Gasteiger partial charge in [-0.2, -0.15) is 0 Å². The van der Waals surface area contributed by atoms with Crippen LogP contribution in [0.2, 0.25) is 0 Å². The molecule has 3 unspecified atom stereocenters. The third-order valence-electron chi connectivity index (χ3n) is 6.33. The van der Waals surface area contributed by atoms with Crippen LogP contribution in [-0.4, -0.2) is 55.8 Å². The number of nitrogens with zero attached hydrogens (tertiary/aromatic N) is 2. The maximum Gasteiger partial charge on any atom is 0.274 e. The molecule has 1 aliphatic heterocycles. The highest BCUT2D eigenvalue weighted by atomic mass is 32.3. The van der Waals surface area contributed by atoms with E-state index in [0.29, 0.717) is 6.42 Å². The van der Waals surface area contributed by atoms with Gasteiger partial charge in [-0.1, -0.05) is 0 Å². The van der Waals surface area contributed by atoms with Crippen molar-refractivity contribution in [3.05, 3.63) is 59.4 Å². The summed E-state index contributed by atoms with van der Waals surface area (Å²) in [5.74, 6) is -2.06. The Morgan fingerprint density at radius 1 is 1.36 bits per heavy atom. The molecule has 5 N–H and O–H groups in total. The number of halogens is 2. The largest absolute Gasteiger partial charge is 0.381 e. The summed E-state index contributed by atoms with van der Waals surface area (Å²) < 4.78 is 56.9. The molecule has 9 nitrogen and oxygen atoms in total. The number of methoxy groups -OCH3 is 1. The molecule has 1 aromatic heterocycles. The Labute approximate surface area is 191 Å². The first-order chi connectivity index (χ1) is 15.6. The van der Waals surface area contributed by atoms with E-state index in [1.165, 1.54) is 38.4 Å². The number of rotatable bonds is 4. The summed E-state index contributed by atoms with van der Waals surface area (Å²) in [6.45, 7) is 0. The standard InChI is InChI=1S/C21H25F2N5O4S/c1-28-20(24)27-21(8-7-14(32-2)10-18(21)33(28,30)31)15-9-13(4-5-16(15)23)26-19(29)17-6-3-12(22)11-25-17/h3-6,9,11,14,18,30-31H,7-8,10H2,1-2H3,(H2,24,27)(H,26,29). The average molecular weight is 482 g/mol. The second kappa shape index (κ2) is 8.52. The maximum atomic E-state index is 15.2. The van der Waals surface area contributed by atoms with Gasteiger partial charge in [0, 0.05) is 25.4 Å². The minimum absolute atomic E-state index is 0.0210. The zero-order valence-corrected chi connectivity index (χ0v) is 18.8. The van der Waals surface area contributed by atoms with Gasteiger partial charge in [0.25, 0.3) is 5.91 Å². The first kappa shape index (κ1) is 23.4. The molecule has 178 valence electrons. The number of fused-ring (bicyclic) bond motifs is 1. The predicted octanol–water partition coefficient (Wildman–Crippen LogP) is 3.51. The van der Waals surface area contributed by atoms with Crippen molar-refractivity contribution in [1.82, 2.24) is 14.6 Å². The van der Waals surface area contributed by atoms with Crippen molar-refractivity contribution >= 4 is 28.3 Å². The number of hydrogen-bond acceptors (Lipinski definition) is 6. The fraction of sp³-hybridized carbons (Fsp3) is 0.381. The van der Waals surface area contributed by atoms with E-state index in [1.807, 2.05) is 0 Å². The zero-order chi connectivity index (χ0) is 24.0. The smallest absolute Gasteiger partial charge is 0.274 e. The van der Waals surface area contributed by atoms with E-state index >= 15 is 4.39 Å². The number of carbonyl (C=O) groups is 1. The average Bonchev–Trinajstić information content (AvgIpc) is 2.79. The van der Waals surface area contributed by atoms with Gasteiger partial charge in [-0.3, -0.25) is 19.3 Å². The molecule has 1 saturated carbocycles. The molecule has 1 aliphatic carbocycles. The molecular formula is C21H25F2N5O4S. The lowest BCUT2D eigenvalue weighted by Crippen LogP contribution is -2.67. The quantitative estimate of drug-likeness (QED) is 0.452. The molecule has 12 heteroatoms. The summed E-state index contributed by atoms with van der Waals surface area (Å²) in [6.07, 6.45) is 1.67. The van der Waals surface area contributed by atoms with Crippen LogP contribution in [0.25, 0.3) is 0 Å². The minimum Gasteiger partial charge on any atom is -0.381 e. The van der Waals surface area contributed by atoms with Crippen molar-refractivity contribution in [3.8, 4) is 0 Å². The molecule has 0 radical (unpaired) electrons. The molecular weight excluding hydrogens is 456 g/mol. The van der Waals surface area contributed by atoms with Crippen molar-refractivity contribution in [3.63, 3.8) is 0 Å². The highest BCUT2D eigenvalue weighted by Gasteiger charge is 2.57. The van der Waals surface area contributed by atoms with E-state index in [0.717, 1.165) is 16.6 Å². The van der Waals surface area contributed by atoms with Crippen molar-refractivity contribution in [1.29, 1.82) is 5.41 Å². The molecule has 3 atom stereocenters. The van der Waals surface area contributed by atoms with Gasteiger partial charge in [0.2, 0.25) is 5.96 Å². The van der Waals surface area contributed by atoms with Crippen molar-refractivity contribution < 1.29 is 27.4 Å². The lowest BCUT2D eigenvalue weighted by atomic mass is 9.74.